The van der Waals surface area contributed by atoms with Gasteiger partial charge in [0, 0.05) is 44.6 Å². The Morgan fingerprint density at radius 3 is 2.51 bits per heavy atom. The smallest absolute Gasteiger partial charge is 0.393 e. The van der Waals surface area contributed by atoms with Crippen LogP contribution in [0.5, 0.6) is 5.75 Å². The lowest BCUT2D eigenvalue weighted by Crippen LogP contribution is -2.42. The van der Waals surface area contributed by atoms with Crippen LogP contribution >= 0.6 is 11.3 Å². The molecule has 0 bridgehead atoms. The van der Waals surface area contributed by atoms with Gasteiger partial charge < -0.3 is 25.0 Å². The molecule has 0 radical (unpaired) electrons. The van der Waals surface area contributed by atoms with Gasteiger partial charge in [0.25, 0.3) is 0 Å². The lowest BCUT2D eigenvalue weighted by molar-refractivity contribution is -0.126. The summed E-state index contributed by atoms with van der Waals surface area (Å²) in [6.07, 6.45) is -2.40. The average Bonchev–Trinajstić information content (AvgIpc) is 3.28. The van der Waals surface area contributed by atoms with E-state index in [1.165, 1.54) is 30.6 Å². The molecular weight excluding hydrogens is 599 g/mol. The number of thiophene rings is 1. The molecule has 0 aliphatic carbocycles. The van der Waals surface area contributed by atoms with Crippen LogP contribution in [0.1, 0.15) is 37.1 Å². The van der Waals surface area contributed by atoms with E-state index in [4.69, 9.17) is 9.47 Å². The minimum atomic E-state index is -4.38. The first-order valence-electron chi connectivity index (χ1n) is 14.2. The number of hydrogen-bond acceptors (Lipinski definition) is 8. The molecule has 1 aliphatic rings. The summed E-state index contributed by atoms with van der Waals surface area (Å²) < 4.78 is 76.5. The summed E-state index contributed by atoms with van der Waals surface area (Å²) in [5.41, 5.74) is 1.53. The molecule has 7 nitrogen and oxygen atoms in total. The molecule has 1 fully saturated rings. The molecule has 234 valence electrons. The molecule has 0 atom stereocenters. The molecule has 0 spiro atoms. The molecule has 2 N–H and O–H groups in total. The maximum Gasteiger partial charge on any atom is 0.393 e. The molecule has 2 aromatic carbocycles. The van der Waals surface area contributed by atoms with Crippen LogP contribution in [0.25, 0.3) is 10.1 Å². The van der Waals surface area contributed by atoms with E-state index < -0.39 is 22.4 Å². The van der Waals surface area contributed by atoms with Gasteiger partial charge in [0.2, 0.25) is 0 Å². The Kier molecular flexibility index (Phi) is 10.9. The Labute approximate surface area is 255 Å². The largest absolute Gasteiger partial charge is 0.489 e. The van der Waals surface area contributed by atoms with E-state index in [0.29, 0.717) is 34.3 Å². The lowest BCUT2D eigenvalue weighted by Gasteiger charge is -2.35. The molecule has 1 aliphatic heterocycles. The van der Waals surface area contributed by atoms with E-state index in [2.05, 4.69) is 41.2 Å². The Hall–Kier alpha value is -2.98. The maximum absolute atomic E-state index is 13.7. The van der Waals surface area contributed by atoms with Crippen molar-refractivity contribution >= 4 is 42.6 Å². The summed E-state index contributed by atoms with van der Waals surface area (Å²) in [5, 5.41) is 7.26. The van der Waals surface area contributed by atoms with Crippen LogP contribution < -0.4 is 15.4 Å². The zero-order valence-electron chi connectivity index (χ0n) is 24.8. The van der Waals surface area contributed by atoms with Crippen molar-refractivity contribution in [3.05, 3.63) is 46.8 Å². The SMILES string of the molecule is COCCOc1cc(S(C)(=O)=O)ccc1NCC#Cc1sc2c(NC3CCN(C(C)C)CC3)cccc2c1CC(F)(F)F. The number of halogens is 3. The topological polar surface area (TPSA) is 79.9 Å². The summed E-state index contributed by atoms with van der Waals surface area (Å²) in [4.78, 5) is 2.91. The van der Waals surface area contributed by atoms with Gasteiger partial charge in [-0.3, -0.25) is 0 Å². The number of nitrogens with zero attached hydrogens (tertiary/aromatic N) is 1. The third kappa shape index (κ3) is 9.01. The Morgan fingerprint density at radius 1 is 1.12 bits per heavy atom. The summed E-state index contributed by atoms with van der Waals surface area (Å²) in [5.74, 6) is 6.23. The fourth-order valence-electron chi connectivity index (χ4n) is 5.04. The molecule has 2 heterocycles. The minimum absolute atomic E-state index is 0.105. The molecule has 0 amide bonds. The van der Waals surface area contributed by atoms with Crippen LogP contribution in [0, 0.1) is 11.8 Å². The van der Waals surface area contributed by atoms with Gasteiger partial charge >= 0.3 is 6.18 Å². The van der Waals surface area contributed by atoms with Crippen molar-refractivity contribution in [1.82, 2.24) is 4.90 Å². The average molecular weight is 638 g/mol. The highest BCUT2D eigenvalue weighted by Crippen LogP contribution is 2.39. The molecule has 12 heteroatoms. The van der Waals surface area contributed by atoms with Crippen LogP contribution in [-0.2, 0) is 21.0 Å². The second-order valence-electron chi connectivity index (χ2n) is 10.9. The number of fused-ring (bicyclic) bond motifs is 1. The van der Waals surface area contributed by atoms with Crippen LogP contribution in [-0.4, -0.2) is 77.8 Å². The molecule has 0 saturated carbocycles. The monoisotopic (exact) mass is 637 g/mol. The highest BCUT2D eigenvalue weighted by atomic mass is 32.2. The van der Waals surface area contributed by atoms with Gasteiger partial charge in [0.1, 0.15) is 12.4 Å². The summed E-state index contributed by atoms with van der Waals surface area (Å²) in [7, 11) is -1.92. The van der Waals surface area contributed by atoms with Gasteiger partial charge in [0.05, 0.1) is 45.4 Å². The number of methoxy groups -OCH3 is 1. The number of piperidine rings is 1. The maximum atomic E-state index is 13.7. The van der Waals surface area contributed by atoms with Gasteiger partial charge in [-0.25, -0.2) is 8.42 Å². The van der Waals surface area contributed by atoms with Gasteiger partial charge in [-0.2, -0.15) is 13.2 Å². The number of ether oxygens (including phenoxy) is 2. The first-order valence-corrected chi connectivity index (χ1v) is 16.9. The van der Waals surface area contributed by atoms with E-state index in [9.17, 15) is 21.6 Å². The van der Waals surface area contributed by atoms with Crippen LogP contribution in [0.4, 0.5) is 24.5 Å². The number of sulfone groups is 1. The zero-order chi connectivity index (χ0) is 31.2. The van der Waals surface area contributed by atoms with Crippen molar-refractivity contribution in [3.63, 3.8) is 0 Å². The van der Waals surface area contributed by atoms with Gasteiger partial charge in [-0.15, -0.1) is 11.3 Å². The number of likely N-dealkylation sites (tertiary alicyclic amines) is 1. The third-order valence-corrected chi connectivity index (χ3v) is 9.62. The highest BCUT2D eigenvalue weighted by molar-refractivity contribution is 7.90. The molecule has 43 heavy (non-hydrogen) atoms. The standard InChI is InChI=1S/C31H38F3N3O4S2/c1-21(2)37-15-12-22(13-16-37)36-27-8-5-7-24-25(20-31(32,33)34)29(42-30(24)27)9-6-14-35-26-11-10-23(43(4,38)39)19-28(26)41-18-17-40-3/h5,7-8,10-11,19,21-22,35-36H,12-18,20H2,1-4H3. The van der Waals surface area contributed by atoms with Crippen molar-refractivity contribution in [2.75, 3.05) is 56.8 Å². The van der Waals surface area contributed by atoms with E-state index in [1.54, 1.807) is 18.2 Å². The third-order valence-electron chi connectivity index (χ3n) is 7.31. The first kappa shape index (κ1) is 32.9. The number of rotatable bonds is 11. The van der Waals surface area contributed by atoms with Crippen LogP contribution in [0.2, 0.25) is 0 Å². The Bertz CT molecular complexity index is 1570. The van der Waals surface area contributed by atoms with Gasteiger partial charge in [-0.05, 0) is 55.8 Å². The normalized spacial score (nSPS) is 15.0. The number of alkyl halides is 3. The fourth-order valence-corrected chi connectivity index (χ4v) is 6.85. The van der Waals surface area contributed by atoms with Crippen molar-refractivity contribution < 1.29 is 31.1 Å². The predicted octanol–water partition coefficient (Wildman–Crippen LogP) is 6.18. The molecule has 1 saturated heterocycles. The lowest BCUT2D eigenvalue weighted by atomic mass is 10.0. The molecule has 1 aromatic heterocycles. The van der Waals surface area contributed by atoms with Gasteiger partial charge in [0.15, 0.2) is 9.84 Å². The quantitative estimate of drug-likeness (QED) is 0.192. The van der Waals surface area contributed by atoms with E-state index in [-0.39, 0.29) is 29.7 Å². The molecule has 3 aromatic rings. The van der Waals surface area contributed by atoms with Crippen molar-refractivity contribution in [1.29, 1.82) is 0 Å². The number of anilines is 2. The van der Waals surface area contributed by atoms with Crippen LogP contribution in [0.15, 0.2) is 41.3 Å². The van der Waals surface area contributed by atoms with E-state index >= 15 is 0 Å². The molecular formula is C31H38F3N3O4S2. The highest BCUT2D eigenvalue weighted by Gasteiger charge is 2.31. The van der Waals surface area contributed by atoms with Crippen molar-refractivity contribution in [3.8, 4) is 17.6 Å². The first-order chi connectivity index (χ1) is 20.4. The number of benzene rings is 2. The predicted molar refractivity (Wildman–Crippen MR) is 167 cm³/mol. The molecule has 0 unspecified atom stereocenters. The van der Waals surface area contributed by atoms with E-state index in [1.807, 2.05) is 6.07 Å². The Morgan fingerprint density at radius 2 is 1.86 bits per heavy atom. The van der Waals surface area contributed by atoms with Gasteiger partial charge in [-0.1, -0.05) is 24.0 Å². The summed E-state index contributed by atoms with van der Waals surface area (Å²) in [6, 6.07) is 10.7. The second-order valence-corrected chi connectivity index (χ2v) is 13.9. The van der Waals surface area contributed by atoms with Crippen molar-refractivity contribution in [2.24, 2.45) is 0 Å². The Balaban J connectivity index is 1.57. The van der Waals surface area contributed by atoms with Crippen molar-refractivity contribution in [2.45, 2.75) is 56.3 Å². The summed E-state index contributed by atoms with van der Waals surface area (Å²) >= 11 is 1.27. The zero-order valence-corrected chi connectivity index (χ0v) is 26.4. The number of hydrogen-bond donors (Lipinski definition) is 2. The molecule has 4 rings (SSSR count). The summed E-state index contributed by atoms with van der Waals surface area (Å²) in [6.45, 7) is 6.96. The van der Waals surface area contributed by atoms with Crippen LogP contribution in [0.3, 0.4) is 0 Å². The minimum Gasteiger partial charge on any atom is -0.489 e. The fraction of sp³-hybridized carbons (Fsp3) is 0.484. The second kappa shape index (κ2) is 14.2. The number of nitrogens with one attached hydrogen (secondary N) is 2. The van der Waals surface area contributed by atoms with E-state index in [0.717, 1.165) is 42.6 Å².